The number of thiophene rings is 1. The van der Waals surface area contributed by atoms with Crippen LogP contribution >= 0.6 is 11.3 Å². The number of aliphatic hydroxyl groups excluding tert-OH is 1. The summed E-state index contributed by atoms with van der Waals surface area (Å²) in [6.45, 7) is 3.60. The van der Waals surface area contributed by atoms with Gasteiger partial charge >= 0.3 is 0 Å². The van der Waals surface area contributed by atoms with Gasteiger partial charge in [0, 0.05) is 32.2 Å². The summed E-state index contributed by atoms with van der Waals surface area (Å²) in [5.41, 5.74) is 0.756. The summed E-state index contributed by atoms with van der Waals surface area (Å²) in [5.74, 6) is 6.36. The van der Waals surface area contributed by atoms with Crippen LogP contribution in [0, 0.1) is 17.8 Å². The number of rotatable bonds is 3. The Hall–Kier alpha value is -1.35. The number of hydrogen-bond acceptors (Lipinski definition) is 4. The number of carbonyl (C=O) groups is 1. The molecule has 1 aromatic heterocycles. The van der Waals surface area contributed by atoms with Crippen LogP contribution in [-0.2, 0) is 4.74 Å². The van der Waals surface area contributed by atoms with Crippen molar-refractivity contribution in [2.24, 2.45) is 5.92 Å². The molecule has 0 aromatic carbocycles. The third-order valence-electron chi connectivity index (χ3n) is 3.80. The van der Waals surface area contributed by atoms with Gasteiger partial charge in [-0.15, -0.1) is 11.3 Å². The van der Waals surface area contributed by atoms with Crippen molar-refractivity contribution in [2.75, 3.05) is 26.8 Å². The third kappa shape index (κ3) is 3.85. The van der Waals surface area contributed by atoms with E-state index in [9.17, 15) is 4.79 Å². The molecule has 114 valence electrons. The van der Waals surface area contributed by atoms with Crippen LogP contribution in [0.15, 0.2) is 11.4 Å². The van der Waals surface area contributed by atoms with Gasteiger partial charge in [0.05, 0.1) is 12.7 Å². The highest BCUT2D eigenvalue weighted by Crippen LogP contribution is 2.24. The molecule has 1 aromatic rings. The van der Waals surface area contributed by atoms with Crippen molar-refractivity contribution in [2.45, 2.75) is 25.9 Å². The first kappa shape index (κ1) is 16.0. The highest BCUT2D eigenvalue weighted by molar-refractivity contribution is 7.12. The van der Waals surface area contributed by atoms with Crippen LogP contribution in [0.5, 0.6) is 0 Å². The van der Waals surface area contributed by atoms with Crippen molar-refractivity contribution in [3.63, 3.8) is 0 Å². The number of piperidine rings is 1. The van der Waals surface area contributed by atoms with Crippen LogP contribution in [0.4, 0.5) is 0 Å². The molecular weight excluding hydrogens is 286 g/mol. The highest BCUT2D eigenvalue weighted by atomic mass is 32.1. The topological polar surface area (TPSA) is 49.8 Å². The van der Waals surface area contributed by atoms with Crippen LogP contribution in [-0.4, -0.2) is 48.8 Å². The number of ether oxygens (including phenoxy) is 1. The maximum atomic E-state index is 12.6. The molecule has 4 nitrogen and oxygen atoms in total. The molecule has 1 saturated heterocycles. The maximum absolute atomic E-state index is 12.6. The van der Waals surface area contributed by atoms with Crippen molar-refractivity contribution in [1.82, 2.24) is 4.90 Å². The summed E-state index contributed by atoms with van der Waals surface area (Å²) in [5, 5.41) is 10.7. The molecule has 2 unspecified atom stereocenters. The second-order valence-corrected chi connectivity index (χ2v) is 6.15. The minimum absolute atomic E-state index is 0.0345. The molecule has 0 spiro atoms. The minimum Gasteiger partial charge on any atom is -0.395 e. The second-order valence-electron chi connectivity index (χ2n) is 5.23. The molecule has 0 radical (unpaired) electrons. The number of methoxy groups -OCH3 is 1. The Morgan fingerprint density at radius 1 is 1.62 bits per heavy atom. The molecule has 5 heteroatoms. The smallest absolute Gasteiger partial charge is 0.265 e. The summed E-state index contributed by atoms with van der Waals surface area (Å²) < 4.78 is 5.46. The lowest BCUT2D eigenvalue weighted by atomic mass is 9.95. The molecule has 0 bridgehead atoms. The van der Waals surface area contributed by atoms with E-state index in [2.05, 4.69) is 18.8 Å². The van der Waals surface area contributed by atoms with E-state index in [0.29, 0.717) is 23.8 Å². The van der Waals surface area contributed by atoms with Crippen LogP contribution < -0.4 is 0 Å². The average molecular weight is 307 g/mol. The number of hydrogen-bond donors (Lipinski definition) is 1. The van der Waals surface area contributed by atoms with E-state index >= 15 is 0 Å². The zero-order valence-electron chi connectivity index (χ0n) is 12.5. The largest absolute Gasteiger partial charge is 0.395 e. The summed E-state index contributed by atoms with van der Waals surface area (Å²) >= 11 is 1.42. The van der Waals surface area contributed by atoms with E-state index in [1.54, 1.807) is 7.11 Å². The van der Waals surface area contributed by atoms with Gasteiger partial charge in [-0.1, -0.05) is 18.8 Å². The maximum Gasteiger partial charge on any atom is 0.265 e. The highest BCUT2D eigenvalue weighted by Gasteiger charge is 2.30. The van der Waals surface area contributed by atoms with Crippen molar-refractivity contribution < 1.29 is 14.6 Å². The molecule has 21 heavy (non-hydrogen) atoms. The van der Waals surface area contributed by atoms with Gasteiger partial charge in [0.1, 0.15) is 4.88 Å². The van der Waals surface area contributed by atoms with E-state index in [1.165, 1.54) is 11.3 Å². The molecule has 0 aliphatic carbocycles. The third-order valence-corrected chi connectivity index (χ3v) is 4.70. The first-order valence-electron chi connectivity index (χ1n) is 7.16. The fourth-order valence-corrected chi connectivity index (χ4v) is 3.27. The van der Waals surface area contributed by atoms with Gasteiger partial charge in [-0.05, 0) is 23.8 Å². The van der Waals surface area contributed by atoms with Crippen molar-refractivity contribution >= 4 is 17.2 Å². The number of aliphatic hydroxyl groups is 1. The van der Waals surface area contributed by atoms with E-state index < -0.39 is 0 Å². The summed E-state index contributed by atoms with van der Waals surface area (Å²) in [6, 6.07) is 1.86. The molecule has 1 fully saturated rings. The molecule has 1 N–H and O–H groups in total. The van der Waals surface area contributed by atoms with Crippen LogP contribution in [0.1, 0.15) is 35.0 Å². The molecule has 1 amide bonds. The number of nitrogens with zero attached hydrogens (tertiary/aromatic N) is 1. The Bertz CT molecular complexity index is 543. The van der Waals surface area contributed by atoms with Crippen LogP contribution in [0.3, 0.4) is 0 Å². The van der Waals surface area contributed by atoms with Gasteiger partial charge in [0.2, 0.25) is 0 Å². The van der Waals surface area contributed by atoms with E-state index in [0.717, 1.165) is 18.5 Å². The van der Waals surface area contributed by atoms with Crippen molar-refractivity contribution in [3.8, 4) is 11.8 Å². The lowest BCUT2D eigenvalue weighted by Gasteiger charge is -2.36. The molecule has 2 rings (SSSR count). The number of likely N-dealkylation sites (tertiary alicyclic amines) is 1. The Kier molecular flexibility index (Phi) is 5.80. The Labute approximate surface area is 129 Å². The van der Waals surface area contributed by atoms with Crippen LogP contribution in [0.2, 0.25) is 0 Å². The Morgan fingerprint density at radius 2 is 2.43 bits per heavy atom. The second kappa shape index (κ2) is 7.60. The average Bonchev–Trinajstić information content (AvgIpc) is 2.96. The van der Waals surface area contributed by atoms with Gasteiger partial charge in [0.15, 0.2) is 0 Å². The normalized spacial score (nSPS) is 21.8. The molecular formula is C16H21NO3S. The standard InChI is InChI=1S/C16H21NO3S/c1-12-6-8-17(11-14(12)20-2)16(19)15-13(7-10-21-15)5-3-4-9-18/h7,10,12,14,18H,4,6,8-9,11H2,1-2H3. The van der Waals surface area contributed by atoms with Crippen molar-refractivity contribution in [3.05, 3.63) is 21.9 Å². The quantitative estimate of drug-likeness (QED) is 0.869. The lowest BCUT2D eigenvalue weighted by Crippen LogP contribution is -2.46. The monoisotopic (exact) mass is 307 g/mol. The SMILES string of the molecule is COC1CN(C(=O)c2sccc2C#CCCO)CCC1C. The molecule has 2 atom stereocenters. The van der Waals surface area contributed by atoms with E-state index in [1.807, 2.05) is 16.3 Å². The number of carbonyl (C=O) groups excluding carboxylic acids is 1. The van der Waals surface area contributed by atoms with E-state index in [4.69, 9.17) is 9.84 Å². The first-order valence-corrected chi connectivity index (χ1v) is 8.04. The molecule has 1 aliphatic heterocycles. The zero-order valence-corrected chi connectivity index (χ0v) is 13.3. The predicted octanol–water partition coefficient (Wildman–Crippen LogP) is 1.98. The molecule has 1 aliphatic rings. The Balaban J connectivity index is 2.11. The number of amides is 1. The zero-order chi connectivity index (χ0) is 15.2. The van der Waals surface area contributed by atoms with E-state index in [-0.39, 0.29) is 18.6 Å². The Morgan fingerprint density at radius 3 is 3.14 bits per heavy atom. The van der Waals surface area contributed by atoms with Gasteiger partial charge in [-0.3, -0.25) is 4.79 Å². The fraction of sp³-hybridized carbons (Fsp3) is 0.562. The van der Waals surface area contributed by atoms with Gasteiger partial charge in [-0.2, -0.15) is 0 Å². The van der Waals surface area contributed by atoms with Crippen LogP contribution in [0.25, 0.3) is 0 Å². The minimum atomic E-state index is 0.0345. The summed E-state index contributed by atoms with van der Waals surface area (Å²) in [4.78, 5) is 15.2. The first-order chi connectivity index (χ1) is 10.2. The fourth-order valence-electron chi connectivity index (χ4n) is 2.46. The van der Waals surface area contributed by atoms with Gasteiger partial charge < -0.3 is 14.7 Å². The summed E-state index contributed by atoms with van der Waals surface area (Å²) in [6.07, 6.45) is 1.49. The summed E-state index contributed by atoms with van der Waals surface area (Å²) in [7, 11) is 1.70. The van der Waals surface area contributed by atoms with Gasteiger partial charge in [-0.25, -0.2) is 0 Å². The van der Waals surface area contributed by atoms with Gasteiger partial charge in [0.25, 0.3) is 5.91 Å². The molecule has 0 saturated carbocycles. The van der Waals surface area contributed by atoms with Crippen molar-refractivity contribution in [1.29, 1.82) is 0 Å². The predicted molar refractivity (Wildman–Crippen MR) is 83.4 cm³/mol. The molecule has 2 heterocycles. The lowest BCUT2D eigenvalue weighted by molar-refractivity contribution is -0.00139.